The van der Waals surface area contributed by atoms with Crippen molar-refractivity contribution in [2.45, 2.75) is 19.8 Å². The fourth-order valence-electron chi connectivity index (χ4n) is 2.45. The van der Waals surface area contributed by atoms with Crippen molar-refractivity contribution in [3.05, 3.63) is 29.6 Å². The Morgan fingerprint density at radius 3 is 2.65 bits per heavy atom. The van der Waals surface area contributed by atoms with Gasteiger partial charge in [0.25, 0.3) is 0 Å². The van der Waals surface area contributed by atoms with Crippen LogP contribution in [-0.4, -0.2) is 37.5 Å². The van der Waals surface area contributed by atoms with E-state index >= 15 is 0 Å². The van der Waals surface area contributed by atoms with Crippen LogP contribution in [-0.2, 0) is 14.8 Å². The highest BCUT2D eigenvalue weighted by Crippen LogP contribution is 2.24. The van der Waals surface area contributed by atoms with Gasteiger partial charge in [-0.2, -0.15) is 0 Å². The van der Waals surface area contributed by atoms with E-state index in [0.717, 1.165) is 6.07 Å². The Bertz CT molecular complexity index is 709. The van der Waals surface area contributed by atoms with Crippen LogP contribution in [0.5, 0.6) is 0 Å². The Kier molecular flexibility index (Phi) is 5.30. The van der Waals surface area contributed by atoms with Crippen molar-refractivity contribution in [3.63, 3.8) is 0 Å². The fraction of sp³-hybridized carbons (Fsp3) is 0.500. The molecule has 1 N–H and O–H groups in total. The molecule has 0 aliphatic carbocycles. The first-order valence-electron chi connectivity index (χ1n) is 7.18. The Labute approximate surface area is 132 Å². The van der Waals surface area contributed by atoms with E-state index in [9.17, 15) is 26.4 Å². The van der Waals surface area contributed by atoms with E-state index in [-0.39, 0.29) is 12.3 Å². The van der Waals surface area contributed by atoms with Crippen molar-refractivity contribution in [1.82, 2.24) is 4.31 Å². The van der Waals surface area contributed by atoms with Gasteiger partial charge in [0, 0.05) is 13.1 Å². The molecule has 5 nitrogen and oxygen atoms in total. The molecule has 1 fully saturated rings. The van der Waals surface area contributed by atoms with E-state index < -0.39 is 45.0 Å². The third-order valence-electron chi connectivity index (χ3n) is 3.81. The molecule has 1 saturated heterocycles. The van der Waals surface area contributed by atoms with Crippen LogP contribution in [0.4, 0.5) is 18.9 Å². The maximum absolute atomic E-state index is 13.6. The first-order valence-corrected chi connectivity index (χ1v) is 8.79. The van der Waals surface area contributed by atoms with E-state index in [1.54, 1.807) is 0 Å². The Hall–Kier alpha value is -1.61. The number of sulfonamides is 1. The van der Waals surface area contributed by atoms with Crippen molar-refractivity contribution < 1.29 is 26.4 Å². The fourth-order valence-corrected chi connectivity index (χ4v) is 3.63. The molecule has 0 spiro atoms. The molecule has 1 unspecified atom stereocenters. The van der Waals surface area contributed by atoms with Gasteiger partial charge in [-0.05, 0) is 31.9 Å². The summed E-state index contributed by atoms with van der Waals surface area (Å²) >= 11 is 0. The van der Waals surface area contributed by atoms with Crippen molar-refractivity contribution >= 4 is 21.6 Å². The largest absolute Gasteiger partial charge is 0.323 e. The van der Waals surface area contributed by atoms with E-state index in [0.29, 0.717) is 25.5 Å². The normalized spacial score (nSPS) is 19.6. The average Bonchev–Trinajstić information content (AvgIpc) is 2.55. The number of anilines is 1. The quantitative estimate of drug-likeness (QED) is 0.846. The predicted octanol–water partition coefficient (Wildman–Crippen LogP) is 2.10. The second-order valence-electron chi connectivity index (χ2n) is 5.31. The van der Waals surface area contributed by atoms with E-state index in [4.69, 9.17) is 0 Å². The molecule has 1 heterocycles. The molecule has 1 atom stereocenters. The molecule has 23 heavy (non-hydrogen) atoms. The Morgan fingerprint density at radius 2 is 2.00 bits per heavy atom. The summed E-state index contributed by atoms with van der Waals surface area (Å²) in [6.45, 7) is 1.84. The van der Waals surface area contributed by atoms with Crippen LogP contribution in [0, 0.1) is 23.4 Å². The SMILES string of the molecule is CCS(=O)(=O)N1CCCC(C(=O)Nc2ccc(F)c(F)c2F)C1. The smallest absolute Gasteiger partial charge is 0.228 e. The number of nitrogens with one attached hydrogen (secondary N) is 1. The van der Waals surface area contributed by atoms with Gasteiger partial charge in [-0.1, -0.05) is 0 Å². The number of carbonyl (C=O) groups excluding carboxylic acids is 1. The second kappa shape index (κ2) is 6.88. The van der Waals surface area contributed by atoms with Crippen LogP contribution < -0.4 is 5.32 Å². The third kappa shape index (κ3) is 3.84. The van der Waals surface area contributed by atoms with Gasteiger partial charge in [-0.15, -0.1) is 0 Å². The maximum Gasteiger partial charge on any atom is 0.228 e. The lowest BCUT2D eigenvalue weighted by molar-refractivity contribution is -0.120. The predicted molar refractivity (Wildman–Crippen MR) is 78.7 cm³/mol. The number of hydrogen-bond acceptors (Lipinski definition) is 3. The van der Waals surface area contributed by atoms with Gasteiger partial charge in [-0.25, -0.2) is 25.9 Å². The van der Waals surface area contributed by atoms with E-state index in [2.05, 4.69) is 5.32 Å². The second-order valence-corrected chi connectivity index (χ2v) is 7.57. The molecule has 0 bridgehead atoms. The molecule has 0 saturated carbocycles. The minimum atomic E-state index is -3.41. The summed E-state index contributed by atoms with van der Waals surface area (Å²) in [5.41, 5.74) is -0.468. The summed E-state index contributed by atoms with van der Waals surface area (Å²) < 4.78 is 64.6. The number of benzene rings is 1. The molecule has 2 rings (SSSR count). The Balaban J connectivity index is 2.11. The number of amides is 1. The molecule has 1 amide bonds. The molecule has 0 aromatic heterocycles. The molecule has 9 heteroatoms. The number of hydrogen-bond donors (Lipinski definition) is 1. The van der Waals surface area contributed by atoms with E-state index in [1.807, 2.05) is 0 Å². The van der Waals surface area contributed by atoms with Gasteiger partial charge in [0.1, 0.15) is 0 Å². The zero-order chi connectivity index (χ0) is 17.2. The highest BCUT2D eigenvalue weighted by atomic mass is 32.2. The van der Waals surface area contributed by atoms with Crippen LogP contribution in [0.2, 0.25) is 0 Å². The summed E-state index contributed by atoms with van der Waals surface area (Å²) in [5, 5.41) is 2.20. The lowest BCUT2D eigenvalue weighted by atomic mass is 9.98. The van der Waals surface area contributed by atoms with Gasteiger partial charge in [0.05, 0.1) is 17.4 Å². The average molecular weight is 350 g/mol. The molecule has 0 radical (unpaired) electrons. The molecule has 1 aromatic rings. The zero-order valence-electron chi connectivity index (χ0n) is 12.5. The third-order valence-corrected chi connectivity index (χ3v) is 5.65. The first-order chi connectivity index (χ1) is 10.8. The summed E-state index contributed by atoms with van der Waals surface area (Å²) in [4.78, 5) is 12.2. The van der Waals surface area contributed by atoms with Gasteiger partial charge >= 0.3 is 0 Å². The molecule has 1 aliphatic rings. The van der Waals surface area contributed by atoms with Crippen LogP contribution in [0.25, 0.3) is 0 Å². The lowest BCUT2D eigenvalue weighted by Crippen LogP contribution is -2.44. The van der Waals surface area contributed by atoms with Gasteiger partial charge in [-0.3, -0.25) is 4.79 Å². The van der Waals surface area contributed by atoms with Crippen LogP contribution >= 0.6 is 0 Å². The van der Waals surface area contributed by atoms with Gasteiger partial charge in [0.15, 0.2) is 17.5 Å². The van der Waals surface area contributed by atoms with Crippen LogP contribution in [0.3, 0.4) is 0 Å². The summed E-state index contributed by atoms with van der Waals surface area (Å²) in [5.74, 6) is -5.85. The minimum absolute atomic E-state index is 0.00664. The molecule has 1 aliphatic heterocycles. The van der Waals surface area contributed by atoms with Crippen LogP contribution in [0.1, 0.15) is 19.8 Å². The van der Waals surface area contributed by atoms with Crippen molar-refractivity contribution in [2.24, 2.45) is 5.92 Å². The molecule has 1 aromatic carbocycles. The summed E-state index contributed by atoms with van der Waals surface area (Å²) in [6.07, 6.45) is 0.935. The number of rotatable bonds is 4. The van der Waals surface area contributed by atoms with E-state index in [1.165, 1.54) is 11.2 Å². The van der Waals surface area contributed by atoms with Crippen molar-refractivity contribution in [2.75, 3.05) is 24.2 Å². The molecular formula is C14H17F3N2O3S. The Morgan fingerprint density at radius 1 is 1.30 bits per heavy atom. The number of carbonyl (C=O) groups is 1. The van der Waals surface area contributed by atoms with Gasteiger partial charge in [0.2, 0.25) is 15.9 Å². The summed E-state index contributed by atoms with van der Waals surface area (Å²) in [7, 11) is -3.41. The number of halogens is 3. The number of piperidine rings is 1. The molecule has 128 valence electrons. The highest BCUT2D eigenvalue weighted by Gasteiger charge is 2.31. The standard InChI is InChI=1S/C14H17F3N2O3S/c1-2-23(21,22)19-7-3-4-9(8-19)14(20)18-11-6-5-10(15)12(16)13(11)17/h5-6,9H,2-4,7-8H2,1H3,(H,18,20). The first kappa shape index (κ1) is 17.7. The summed E-state index contributed by atoms with van der Waals surface area (Å²) in [6, 6.07) is 1.64. The maximum atomic E-state index is 13.6. The van der Waals surface area contributed by atoms with Crippen molar-refractivity contribution in [1.29, 1.82) is 0 Å². The zero-order valence-corrected chi connectivity index (χ0v) is 13.3. The van der Waals surface area contributed by atoms with Crippen molar-refractivity contribution in [3.8, 4) is 0 Å². The monoisotopic (exact) mass is 350 g/mol. The topological polar surface area (TPSA) is 66.5 Å². The van der Waals surface area contributed by atoms with Crippen LogP contribution in [0.15, 0.2) is 12.1 Å². The molecular weight excluding hydrogens is 333 g/mol. The lowest BCUT2D eigenvalue weighted by Gasteiger charge is -2.30. The minimum Gasteiger partial charge on any atom is -0.323 e. The van der Waals surface area contributed by atoms with Gasteiger partial charge < -0.3 is 5.32 Å². The highest BCUT2D eigenvalue weighted by molar-refractivity contribution is 7.89. The number of nitrogens with zero attached hydrogens (tertiary/aromatic N) is 1.